The second-order valence-electron chi connectivity index (χ2n) is 8.08. The molecule has 2 spiro atoms. The van der Waals surface area contributed by atoms with E-state index in [1.54, 1.807) is 6.92 Å². The molecule has 2 aliphatic heterocycles. The largest absolute Gasteiger partial charge is 0.346 e. The highest BCUT2D eigenvalue weighted by molar-refractivity contribution is 9.10. The summed E-state index contributed by atoms with van der Waals surface area (Å²) in [7, 11) is 0. The van der Waals surface area contributed by atoms with Crippen LogP contribution in [0.5, 0.6) is 0 Å². The highest BCUT2D eigenvalue weighted by atomic mass is 79.9. The number of ether oxygens (including phenoxy) is 4. The highest BCUT2D eigenvalue weighted by Crippen LogP contribution is 3.01. The molecule has 22 heavy (non-hydrogen) atoms. The number of carbonyl (C=O) groups is 1. The topological polar surface area (TPSA) is 54.0 Å². The zero-order valence-corrected chi connectivity index (χ0v) is 13.8. The minimum atomic E-state index is -0.700. The van der Waals surface area contributed by atoms with Crippen molar-refractivity contribution < 1.29 is 23.7 Å². The van der Waals surface area contributed by atoms with Crippen molar-refractivity contribution in [3.63, 3.8) is 0 Å². The third-order valence-corrected chi connectivity index (χ3v) is 9.96. The molecule has 0 aromatic rings. The van der Waals surface area contributed by atoms with Crippen LogP contribution in [0.25, 0.3) is 0 Å². The number of carbonyl (C=O) groups excluding carboxylic acids is 1. The van der Waals surface area contributed by atoms with E-state index in [2.05, 4.69) is 15.9 Å². The van der Waals surface area contributed by atoms with Crippen LogP contribution in [0.15, 0.2) is 0 Å². The predicted molar refractivity (Wildman–Crippen MR) is 75.0 cm³/mol. The molecule has 8 aliphatic rings. The van der Waals surface area contributed by atoms with Crippen molar-refractivity contribution >= 4 is 21.7 Å². The van der Waals surface area contributed by atoms with E-state index in [4.69, 9.17) is 18.9 Å². The van der Waals surface area contributed by atoms with E-state index in [0.29, 0.717) is 50.1 Å². The molecule has 0 radical (unpaired) electrons. The molecule has 0 unspecified atom stereocenters. The molecule has 8 fully saturated rings. The Morgan fingerprint density at radius 3 is 1.86 bits per heavy atom. The number of hydrogen-bond donors (Lipinski definition) is 0. The molecule has 0 aromatic heterocycles. The summed E-state index contributed by atoms with van der Waals surface area (Å²) >= 11 is 4.05. The summed E-state index contributed by atoms with van der Waals surface area (Å²) < 4.78 is 24.8. The smallest absolute Gasteiger partial charge is 0.188 e. The van der Waals surface area contributed by atoms with Crippen LogP contribution in [0.1, 0.15) is 6.92 Å². The molecule has 8 rings (SSSR count). The standard InChI is InChI=1S/C16H17BrO5/c1-6(18)13-7-9-8(13)11-12(15(13)19-2-3-20-15)10(7)14(9,17)16(11)21-4-5-22-16/h7-12H,2-5H2,1H3/t7-,8+,9-,10+,11+,12-,13+,14+/m1/s1. The van der Waals surface area contributed by atoms with Crippen LogP contribution < -0.4 is 0 Å². The maximum Gasteiger partial charge on any atom is 0.188 e. The molecular formula is C16H17BrO5. The Bertz CT molecular complexity index is 653. The van der Waals surface area contributed by atoms with Crippen molar-refractivity contribution in [1.82, 2.24) is 0 Å². The van der Waals surface area contributed by atoms with Crippen molar-refractivity contribution in [2.45, 2.75) is 22.8 Å². The lowest BCUT2D eigenvalue weighted by atomic mass is 9.34. The van der Waals surface area contributed by atoms with Gasteiger partial charge in [0.2, 0.25) is 0 Å². The zero-order chi connectivity index (χ0) is 14.7. The summed E-state index contributed by atoms with van der Waals surface area (Å²) in [6.07, 6.45) is 0. The summed E-state index contributed by atoms with van der Waals surface area (Å²) in [4.78, 5) is 12.8. The number of ketones is 1. The summed E-state index contributed by atoms with van der Waals surface area (Å²) in [6, 6.07) is 0. The fraction of sp³-hybridized carbons (Fsp3) is 0.938. The molecule has 0 aromatic carbocycles. The van der Waals surface area contributed by atoms with E-state index in [1.807, 2.05) is 0 Å². The first-order chi connectivity index (χ1) is 10.6. The van der Waals surface area contributed by atoms with Crippen molar-refractivity contribution in [2.75, 3.05) is 26.4 Å². The van der Waals surface area contributed by atoms with Crippen molar-refractivity contribution in [1.29, 1.82) is 0 Å². The molecule has 118 valence electrons. The van der Waals surface area contributed by atoms with Crippen LogP contribution in [-0.4, -0.2) is 48.1 Å². The fourth-order valence-electron chi connectivity index (χ4n) is 8.55. The average Bonchev–Trinajstić information content (AvgIpc) is 3.23. The molecule has 0 amide bonds. The normalized spacial score (nSPS) is 65.5. The first-order valence-electron chi connectivity index (χ1n) is 8.35. The molecular weight excluding hydrogens is 352 g/mol. The van der Waals surface area contributed by atoms with Gasteiger partial charge in [-0.25, -0.2) is 0 Å². The summed E-state index contributed by atoms with van der Waals surface area (Å²) in [5.74, 6) is 1.01. The number of halogens is 1. The van der Waals surface area contributed by atoms with E-state index in [-0.39, 0.29) is 21.9 Å². The number of rotatable bonds is 1. The van der Waals surface area contributed by atoms with Gasteiger partial charge in [0.25, 0.3) is 0 Å². The third kappa shape index (κ3) is 0.693. The summed E-state index contributed by atoms with van der Waals surface area (Å²) in [5, 5.41) is 0. The van der Waals surface area contributed by atoms with Gasteiger partial charge in [-0.15, -0.1) is 0 Å². The summed E-state index contributed by atoms with van der Waals surface area (Å²) in [6.45, 7) is 4.23. The van der Waals surface area contributed by atoms with Crippen molar-refractivity contribution in [3.8, 4) is 0 Å². The molecule has 4 bridgehead atoms. The maximum absolute atomic E-state index is 12.8. The number of hydrogen-bond acceptors (Lipinski definition) is 5. The van der Waals surface area contributed by atoms with E-state index in [0.717, 1.165) is 0 Å². The van der Waals surface area contributed by atoms with Crippen molar-refractivity contribution in [3.05, 3.63) is 0 Å². The molecule has 8 atom stereocenters. The van der Waals surface area contributed by atoms with Gasteiger partial charge in [0.15, 0.2) is 11.6 Å². The van der Waals surface area contributed by atoms with Gasteiger partial charge < -0.3 is 18.9 Å². The lowest BCUT2D eigenvalue weighted by Gasteiger charge is -2.70. The van der Waals surface area contributed by atoms with Gasteiger partial charge in [0, 0.05) is 11.8 Å². The molecule has 6 aliphatic carbocycles. The van der Waals surface area contributed by atoms with Gasteiger partial charge in [-0.1, -0.05) is 15.9 Å². The van der Waals surface area contributed by atoms with E-state index in [1.165, 1.54) is 0 Å². The van der Waals surface area contributed by atoms with Gasteiger partial charge in [0.1, 0.15) is 5.78 Å². The Labute approximate surface area is 136 Å². The minimum absolute atomic E-state index is 0.126. The van der Waals surface area contributed by atoms with E-state index >= 15 is 0 Å². The zero-order valence-electron chi connectivity index (χ0n) is 12.2. The molecule has 0 N–H and O–H groups in total. The minimum Gasteiger partial charge on any atom is -0.346 e. The van der Waals surface area contributed by atoms with Crippen LogP contribution in [0, 0.1) is 40.9 Å². The molecule has 5 nitrogen and oxygen atoms in total. The second-order valence-corrected chi connectivity index (χ2v) is 9.39. The monoisotopic (exact) mass is 368 g/mol. The van der Waals surface area contributed by atoms with E-state index < -0.39 is 17.0 Å². The Balaban J connectivity index is 1.54. The number of alkyl halides is 1. The molecule has 6 heteroatoms. The Morgan fingerprint density at radius 2 is 1.27 bits per heavy atom. The van der Waals surface area contributed by atoms with Crippen molar-refractivity contribution in [2.24, 2.45) is 40.9 Å². The van der Waals surface area contributed by atoms with Crippen LogP contribution in [-0.2, 0) is 23.7 Å². The Hall–Kier alpha value is -0.0100. The maximum atomic E-state index is 12.8. The van der Waals surface area contributed by atoms with Crippen LogP contribution in [0.2, 0.25) is 0 Å². The van der Waals surface area contributed by atoms with Crippen LogP contribution in [0.4, 0.5) is 0 Å². The van der Waals surface area contributed by atoms with Gasteiger partial charge in [-0.3, -0.25) is 4.79 Å². The first-order valence-corrected chi connectivity index (χ1v) is 9.14. The van der Waals surface area contributed by atoms with E-state index in [9.17, 15) is 4.79 Å². The molecule has 6 saturated carbocycles. The van der Waals surface area contributed by atoms with Gasteiger partial charge in [0.05, 0.1) is 36.2 Å². The van der Waals surface area contributed by atoms with Crippen LogP contribution >= 0.6 is 15.9 Å². The van der Waals surface area contributed by atoms with Gasteiger partial charge in [-0.2, -0.15) is 0 Å². The summed E-state index contributed by atoms with van der Waals surface area (Å²) in [5.41, 5.74) is -0.440. The number of Topliss-reactive ketones (excluding diaryl/α,β-unsaturated/α-hetero) is 1. The lowest BCUT2D eigenvalue weighted by Crippen LogP contribution is -2.77. The molecule has 2 heterocycles. The first kappa shape index (κ1) is 12.4. The quantitative estimate of drug-likeness (QED) is 0.645. The second kappa shape index (κ2) is 2.99. The fourth-order valence-corrected chi connectivity index (χ4v) is 10.2. The predicted octanol–water partition coefficient (Wildman–Crippen LogP) is 0.947. The SMILES string of the molecule is CC(=O)[C@]12[C@H]3[C@H]4[C@H]([C@@H]5[C@@H]1[C@@H]3[C@@]4(Br)C51OCCO1)C21OCCO1. The van der Waals surface area contributed by atoms with Gasteiger partial charge >= 0.3 is 0 Å². The Morgan fingerprint density at radius 1 is 0.818 bits per heavy atom. The molecule has 2 saturated heterocycles. The average molecular weight is 369 g/mol. The lowest BCUT2D eigenvalue weighted by molar-refractivity contribution is -0.282. The Kier molecular flexibility index (Phi) is 1.68. The third-order valence-electron chi connectivity index (χ3n) is 8.35. The van der Waals surface area contributed by atoms with Crippen LogP contribution in [0.3, 0.4) is 0 Å². The van der Waals surface area contributed by atoms with Gasteiger partial charge in [-0.05, 0) is 30.6 Å². The highest BCUT2D eigenvalue weighted by Gasteiger charge is 3.09.